The van der Waals surface area contributed by atoms with Gasteiger partial charge in [0.1, 0.15) is 0 Å². The average Bonchev–Trinajstić information content (AvgIpc) is 2.30. The number of halogens is 1. The third-order valence-corrected chi connectivity index (χ3v) is 1.95. The molecule has 2 rings (SSSR count). The molecule has 0 saturated carbocycles. The summed E-state index contributed by atoms with van der Waals surface area (Å²) in [6.07, 6.45) is 4.97. The number of nitrogens with one attached hydrogen (secondary N) is 1. The second kappa shape index (κ2) is 4.50. The van der Waals surface area contributed by atoms with Gasteiger partial charge in [-0.05, 0) is 23.8 Å². The van der Waals surface area contributed by atoms with Crippen LogP contribution in [0, 0.1) is 5.95 Å². The van der Waals surface area contributed by atoms with Gasteiger partial charge in [0, 0.05) is 18.9 Å². The third-order valence-electron chi connectivity index (χ3n) is 1.95. The Balaban J connectivity index is 1.96. The van der Waals surface area contributed by atoms with Crippen molar-refractivity contribution in [3.63, 3.8) is 0 Å². The molecule has 0 aliphatic heterocycles. The molecule has 2 aromatic rings. The van der Waals surface area contributed by atoms with E-state index in [4.69, 9.17) is 0 Å². The van der Waals surface area contributed by atoms with Crippen LogP contribution >= 0.6 is 0 Å². The average molecular weight is 203 g/mol. The zero-order valence-electron chi connectivity index (χ0n) is 8.02. The Morgan fingerprint density at radius 2 is 2.13 bits per heavy atom. The minimum Gasteiger partial charge on any atom is -0.380 e. The van der Waals surface area contributed by atoms with Crippen LogP contribution in [-0.4, -0.2) is 9.97 Å². The van der Waals surface area contributed by atoms with Gasteiger partial charge in [-0.1, -0.05) is 6.07 Å². The molecule has 2 aromatic heterocycles. The van der Waals surface area contributed by atoms with E-state index in [-0.39, 0.29) is 0 Å². The summed E-state index contributed by atoms with van der Waals surface area (Å²) in [5.41, 5.74) is 1.86. The van der Waals surface area contributed by atoms with Crippen LogP contribution < -0.4 is 5.32 Å². The number of hydrogen-bond acceptors (Lipinski definition) is 3. The van der Waals surface area contributed by atoms with Crippen LogP contribution in [0.4, 0.5) is 10.1 Å². The molecule has 0 amide bonds. The molecule has 0 radical (unpaired) electrons. The fraction of sp³-hybridized carbons (Fsp3) is 0.0909. The van der Waals surface area contributed by atoms with Gasteiger partial charge >= 0.3 is 0 Å². The van der Waals surface area contributed by atoms with Crippen molar-refractivity contribution < 1.29 is 4.39 Å². The maximum atomic E-state index is 12.5. The highest BCUT2D eigenvalue weighted by Gasteiger charge is 1.94. The van der Waals surface area contributed by atoms with Crippen LogP contribution in [0.5, 0.6) is 0 Å². The molecule has 0 aliphatic carbocycles. The molecule has 0 saturated heterocycles. The van der Waals surface area contributed by atoms with Gasteiger partial charge in [0.15, 0.2) is 0 Å². The zero-order valence-corrected chi connectivity index (χ0v) is 8.02. The number of rotatable bonds is 3. The molecule has 0 atom stereocenters. The molecule has 2 heterocycles. The standard InChI is InChI=1S/C11H10FN3/c12-11-4-3-10(8-15-11)14-7-9-2-1-5-13-6-9/h1-6,8,14H,7H2. The summed E-state index contributed by atoms with van der Waals surface area (Å²) in [6, 6.07) is 6.82. The van der Waals surface area contributed by atoms with Crippen LogP contribution in [0.15, 0.2) is 42.9 Å². The summed E-state index contributed by atoms with van der Waals surface area (Å²) in [4.78, 5) is 7.54. The van der Waals surface area contributed by atoms with Crippen LogP contribution in [0.25, 0.3) is 0 Å². The molecule has 76 valence electrons. The summed E-state index contributed by atoms with van der Waals surface area (Å²) in [5, 5.41) is 3.12. The van der Waals surface area contributed by atoms with Gasteiger partial charge in [0.05, 0.1) is 11.9 Å². The molecule has 0 bridgehead atoms. The summed E-state index contributed by atoms with van der Waals surface area (Å²) < 4.78 is 12.5. The van der Waals surface area contributed by atoms with Crippen molar-refractivity contribution >= 4 is 5.69 Å². The van der Waals surface area contributed by atoms with E-state index in [1.54, 1.807) is 18.5 Å². The van der Waals surface area contributed by atoms with Crippen LogP contribution in [-0.2, 0) is 6.54 Å². The second-order valence-corrected chi connectivity index (χ2v) is 3.08. The summed E-state index contributed by atoms with van der Waals surface area (Å²) >= 11 is 0. The first kappa shape index (κ1) is 9.58. The number of hydrogen-bond donors (Lipinski definition) is 1. The minimum absolute atomic E-state index is 0.470. The SMILES string of the molecule is Fc1ccc(NCc2cccnc2)cn1. The van der Waals surface area contributed by atoms with Crippen LogP contribution in [0.2, 0.25) is 0 Å². The zero-order chi connectivity index (χ0) is 10.5. The maximum Gasteiger partial charge on any atom is 0.212 e. The molecule has 4 heteroatoms. The third kappa shape index (κ3) is 2.74. The smallest absolute Gasteiger partial charge is 0.212 e. The lowest BCUT2D eigenvalue weighted by Crippen LogP contribution is -2.00. The Hall–Kier alpha value is -1.97. The lowest BCUT2D eigenvalue weighted by molar-refractivity contribution is 0.584. The Kier molecular flexibility index (Phi) is 2.88. The van der Waals surface area contributed by atoms with E-state index < -0.39 is 5.95 Å². The minimum atomic E-state index is -0.470. The fourth-order valence-electron chi connectivity index (χ4n) is 1.19. The van der Waals surface area contributed by atoms with Crippen molar-refractivity contribution in [2.45, 2.75) is 6.54 Å². The van der Waals surface area contributed by atoms with E-state index in [0.29, 0.717) is 6.54 Å². The van der Waals surface area contributed by atoms with Gasteiger partial charge in [-0.15, -0.1) is 0 Å². The summed E-state index contributed by atoms with van der Waals surface area (Å²) in [6.45, 7) is 0.654. The van der Waals surface area contributed by atoms with E-state index in [1.165, 1.54) is 12.3 Å². The van der Waals surface area contributed by atoms with Crippen molar-refractivity contribution in [3.05, 3.63) is 54.4 Å². The number of nitrogens with zero attached hydrogens (tertiary/aromatic N) is 2. The van der Waals surface area contributed by atoms with Crippen molar-refractivity contribution in [2.24, 2.45) is 0 Å². The maximum absolute atomic E-state index is 12.5. The topological polar surface area (TPSA) is 37.8 Å². The summed E-state index contributed by atoms with van der Waals surface area (Å²) in [5.74, 6) is -0.470. The molecule has 0 unspecified atom stereocenters. The largest absolute Gasteiger partial charge is 0.380 e. The molecule has 0 fully saturated rings. The Labute approximate surface area is 87.0 Å². The monoisotopic (exact) mass is 203 g/mol. The van der Waals surface area contributed by atoms with Gasteiger partial charge in [-0.3, -0.25) is 4.98 Å². The highest BCUT2D eigenvalue weighted by molar-refractivity contribution is 5.40. The number of pyridine rings is 2. The molecular weight excluding hydrogens is 193 g/mol. The van der Waals surface area contributed by atoms with Crippen LogP contribution in [0.1, 0.15) is 5.56 Å². The first-order chi connectivity index (χ1) is 7.34. The highest BCUT2D eigenvalue weighted by Crippen LogP contribution is 2.07. The lowest BCUT2D eigenvalue weighted by Gasteiger charge is -2.04. The van der Waals surface area contributed by atoms with Crippen molar-refractivity contribution in [1.29, 1.82) is 0 Å². The first-order valence-corrected chi connectivity index (χ1v) is 4.59. The van der Waals surface area contributed by atoms with E-state index in [0.717, 1.165) is 11.3 Å². The predicted octanol–water partition coefficient (Wildman–Crippen LogP) is 2.23. The van der Waals surface area contributed by atoms with Gasteiger partial charge < -0.3 is 5.32 Å². The fourth-order valence-corrected chi connectivity index (χ4v) is 1.19. The number of aromatic nitrogens is 2. The Morgan fingerprint density at radius 3 is 2.80 bits per heavy atom. The summed E-state index contributed by atoms with van der Waals surface area (Å²) in [7, 11) is 0. The normalized spacial score (nSPS) is 9.93. The quantitative estimate of drug-likeness (QED) is 0.777. The molecule has 0 aliphatic rings. The van der Waals surface area contributed by atoms with Gasteiger partial charge in [0.2, 0.25) is 5.95 Å². The molecule has 3 nitrogen and oxygen atoms in total. The van der Waals surface area contributed by atoms with Gasteiger partial charge in [-0.2, -0.15) is 4.39 Å². The van der Waals surface area contributed by atoms with Crippen molar-refractivity contribution in [3.8, 4) is 0 Å². The van der Waals surface area contributed by atoms with E-state index in [1.807, 2.05) is 12.1 Å². The Bertz CT molecular complexity index is 414. The number of anilines is 1. The first-order valence-electron chi connectivity index (χ1n) is 4.59. The second-order valence-electron chi connectivity index (χ2n) is 3.08. The lowest BCUT2D eigenvalue weighted by atomic mass is 10.3. The highest BCUT2D eigenvalue weighted by atomic mass is 19.1. The molecule has 0 aromatic carbocycles. The van der Waals surface area contributed by atoms with E-state index >= 15 is 0 Å². The van der Waals surface area contributed by atoms with Crippen molar-refractivity contribution in [1.82, 2.24) is 9.97 Å². The van der Waals surface area contributed by atoms with Gasteiger partial charge in [0.25, 0.3) is 0 Å². The molecule has 0 spiro atoms. The predicted molar refractivity (Wildman–Crippen MR) is 55.8 cm³/mol. The van der Waals surface area contributed by atoms with Gasteiger partial charge in [-0.25, -0.2) is 4.98 Å². The Morgan fingerprint density at radius 1 is 1.20 bits per heavy atom. The van der Waals surface area contributed by atoms with E-state index in [2.05, 4.69) is 15.3 Å². The molecule has 15 heavy (non-hydrogen) atoms. The molecular formula is C11H10FN3. The van der Waals surface area contributed by atoms with E-state index in [9.17, 15) is 4.39 Å². The molecule has 1 N–H and O–H groups in total. The van der Waals surface area contributed by atoms with Crippen molar-refractivity contribution in [2.75, 3.05) is 5.32 Å². The van der Waals surface area contributed by atoms with Crippen LogP contribution in [0.3, 0.4) is 0 Å².